The third-order valence-electron chi connectivity index (χ3n) is 5.46. The molecule has 1 heterocycles. The lowest BCUT2D eigenvalue weighted by atomic mass is 10.0. The monoisotopic (exact) mass is 429 g/mol. The molecule has 0 aromatic heterocycles. The lowest BCUT2D eigenvalue weighted by Gasteiger charge is -2.34. The summed E-state index contributed by atoms with van der Waals surface area (Å²) in [6.07, 6.45) is 0. The standard InChI is InChI=1S/C23H31N3O3S/c1-4-24-30(28,29)22-11-9-21(10-12-22)23(27)26-15-13-25(14-16-26)17-19-5-7-20(8-6-19)18(2)3/h5-12,18,24H,4,13-17H2,1-3H3. The molecule has 1 aliphatic heterocycles. The topological polar surface area (TPSA) is 69.7 Å². The molecule has 1 fully saturated rings. The molecule has 7 heteroatoms. The second kappa shape index (κ2) is 9.73. The van der Waals surface area contributed by atoms with E-state index in [1.54, 1.807) is 19.1 Å². The van der Waals surface area contributed by atoms with Crippen LogP contribution in [-0.4, -0.2) is 56.8 Å². The molecule has 6 nitrogen and oxygen atoms in total. The van der Waals surface area contributed by atoms with Crippen LogP contribution in [0.2, 0.25) is 0 Å². The summed E-state index contributed by atoms with van der Waals surface area (Å²) in [4.78, 5) is 17.2. The number of nitrogens with zero attached hydrogens (tertiary/aromatic N) is 2. The van der Waals surface area contributed by atoms with E-state index in [9.17, 15) is 13.2 Å². The molecule has 1 amide bonds. The number of piperazine rings is 1. The molecule has 2 aromatic rings. The van der Waals surface area contributed by atoms with Gasteiger partial charge in [-0.15, -0.1) is 0 Å². The molecule has 30 heavy (non-hydrogen) atoms. The normalized spacial score (nSPS) is 15.5. The number of amides is 1. The van der Waals surface area contributed by atoms with E-state index >= 15 is 0 Å². The highest BCUT2D eigenvalue weighted by Gasteiger charge is 2.23. The van der Waals surface area contributed by atoms with Crippen LogP contribution in [0.15, 0.2) is 53.4 Å². The molecule has 1 aliphatic rings. The molecule has 162 valence electrons. The van der Waals surface area contributed by atoms with Gasteiger partial charge >= 0.3 is 0 Å². The van der Waals surface area contributed by atoms with Crippen LogP contribution < -0.4 is 4.72 Å². The summed E-state index contributed by atoms with van der Waals surface area (Å²) < 4.78 is 26.5. The molecule has 0 bridgehead atoms. The highest BCUT2D eigenvalue weighted by Crippen LogP contribution is 2.17. The van der Waals surface area contributed by atoms with Gasteiger partial charge in [-0.2, -0.15) is 0 Å². The van der Waals surface area contributed by atoms with Crippen molar-refractivity contribution in [3.8, 4) is 0 Å². The molecule has 1 N–H and O–H groups in total. The molecule has 0 atom stereocenters. The van der Waals surface area contributed by atoms with Crippen molar-refractivity contribution in [3.63, 3.8) is 0 Å². The van der Waals surface area contributed by atoms with Gasteiger partial charge in [0.1, 0.15) is 0 Å². The number of hydrogen-bond acceptors (Lipinski definition) is 4. The molecule has 2 aromatic carbocycles. The van der Waals surface area contributed by atoms with Crippen LogP contribution >= 0.6 is 0 Å². The second-order valence-electron chi connectivity index (χ2n) is 7.99. The van der Waals surface area contributed by atoms with Crippen LogP contribution in [0.5, 0.6) is 0 Å². The Kier molecular flexibility index (Phi) is 7.28. The van der Waals surface area contributed by atoms with Crippen molar-refractivity contribution < 1.29 is 13.2 Å². The van der Waals surface area contributed by atoms with Crippen molar-refractivity contribution >= 4 is 15.9 Å². The van der Waals surface area contributed by atoms with Gasteiger partial charge in [-0.05, 0) is 41.3 Å². The van der Waals surface area contributed by atoms with E-state index in [4.69, 9.17) is 0 Å². The minimum atomic E-state index is -3.50. The summed E-state index contributed by atoms with van der Waals surface area (Å²) in [6.45, 7) is 10.3. The smallest absolute Gasteiger partial charge is 0.253 e. The van der Waals surface area contributed by atoms with Gasteiger partial charge in [-0.1, -0.05) is 45.0 Å². The number of benzene rings is 2. The first-order valence-electron chi connectivity index (χ1n) is 10.5. The Bertz CT molecular complexity index is 946. The van der Waals surface area contributed by atoms with Gasteiger partial charge in [0.25, 0.3) is 5.91 Å². The minimum Gasteiger partial charge on any atom is -0.336 e. The fourth-order valence-electron chi connectivity index (χ4n) is 3.61. The Balaban J connectivity index is 1.55. The highest BCUT2D eigenvalue weighted by molar-refractivity contribution is 7.89. The van der Waals surface area contributed by atoms with E-state index in [1.165, 1.54) is 23.3 Å². The third-order valence-corrected chi connectivity index (χ3v) is 7.02. The molecular weight excluding hydrogens is 398 g/mol. The maximum Gasteiger partial charge on any atom is 0.253 e. The second-order valence-corrected chi connectivity index (χ2v) is 9.76. The van der Waals surface area contributed by atoms with E-state index in [1.807, 2.05) is 4.90 Å². The van der Waals surface area contributed by atoms with E-state index in [-0.39, 0.29) is 10.8 Å². The molecule has 0 unspecified atom stereocenters. The first-order chi connectivity index (χ1) is 14.3. The van der Waals surface area contributed by atoms with Crippen LogP contribution in [-0.2, 0) is 16.6 Å². The van der Waals surface area contributed by atoms with Gasteiger partial charge in [-0.25, -0.2) is 13.1 Å². The zero-order chi connectivity index (χ0) is 21.7. The first-order valence-corrected chi connectivity index (χ1v) is 12.0. The third kappa shape index (κ3) is 5.47. The number of sulfonamides is 1. The Morgan fingerprint density at radius 3 is 2.10 bits per heavy atom. The number of hydrogen-bond donors (Lipinski definition) is 1. The number of rotatable bonds is 7. The van der Waals surface area contributed by atoms with E-state index in [0.717, 1.165) is 19.6 Å². The quantitative estimate of drug-likeness (QED) is 0.734. The van der Waals surface area contributed by atoms with Crippen molar-refractivity contribution in [3.05, 3.63) is 65.2 Å². The predicted molar refractivity (Wildman–Crippen MR) is 119 cm³/mol. The summed E-state index contributed by atoms with van der Waals surface area (Å²) in [5.41, 5.74) is 3.15. The van der Waals surface area contributed by atoms with Crippen molar-refractivity contribution in [2.75, 3.05) is 32.7 Å². The molecule has 0 spiro atoms. The molecule has 3 rings (SSSR count). The maximum absolute atomic E-state index is 12.8. The average Bonchev–Trinajstić information content (AvgIpc) is 2.74. The SMILES string of the molecule is CCNS(=O)(=O)c1ccc(C(=O)N2CCN(Cc3ccc(C(C)C)cc3)CC2)cc1. The van der Waals surface area contributed by atoms with E-state index in [0.29, 0.717) is 31.1 Å². The van der Waals surface area contributed by atoms with Crippen molar-refractivity contribution in [2.24, 2.45) is 0 Å². The van der Waals surface area contributed by atoms with Crippen LogP contribution in [0.25, 0.3) is 0 Å². The molecular formula is C23H31N3O3S. The van der Waals surface area contributed by atoms with Gasteiger partial charge in [0.05, 0.1) is 4.90 Å². The van der Waals surface area contributed by atoms with Crippen LogP contribution in [0, 0.1) is 0 Å². The van der Waals surface area contributed by atoms with Crippen molar-refractivity contribution in [1.29, 1.82) is 0 Å². The lowest BCUT2D eigenvalue weighted by molar-refractivity contribution is 0.0628. The predicted octanol–water partition coefficient (Wildman–Crippen LogP) is 3.07. The van der Waals surface area contributed by atoms with Crippen LogP contribution in [0.3, 0.4) is 0 Å². The van der Waals surface area contributed by atoms with Gasteiger partial charge in [0, 0.05) is 44.8 Å². The first kappa shape index (κ1) is 22.5. The van der Waals surface area contributed by atoms with Crippen molar-refractivity contribution in [1.82, 2.24) is 14.5 Å². The largest absolute Gasteiger partial charge is 0.336 e. The number of carbonyl (C=O) groups is 1. The van der Waals surface area contributed by atoms with Crippen LogP contribution in [0.1, 0.15) is 48.2 Å². The summed E-state index contributed by atoms with van der Waals surface area (Å²) in [5.74, 6) is 0.481. The van der Waals surface area contributed by atoms with Crippen LogP contribution in [0.4, 0.5) is 0 Å². The number of carbonyl (C=O) groups excluding carboxylic acids is 1. The van der Waals surface area contributed by atoms with Gasteiger partial charge < -0.3 is 4.90 Å². The Morgan fingerprint density at radius 2 is 1.57 bits per heavy atom. The highest BCUT2D eigenvalue weighted by atomic mass is 32.2. The Hall–Kier alpha value is -2.22. The summed E-state index contributed by atoms with van der Waals surface area (Å²) in [5, 5.41) is 0. The summed E-state index contributed by atoms with van der Waals surface area (Å²) >= 11 is 0. The van der Waals surface area contributed by atoms with Gasteiger partial charge in [-0.3, -0.25) is 9.69 Å². The van der Waals surface area contributed by atoms with Gasteiger partial charge in [0.2, 0.25) is 10.0 Å². The minimum absolute atomic E-state index is 0.0525. The molecule has 0 saturated carbocycles. The molecule has 0 radical (unpaired) electrons. The van der Waals surface area contributed by atoms with E-state index in [2.05, 4.69) is 47.7 Å². The average molecular weight is 430 g/mol. The fourth-order valence-corrected chi connectivity index (χ4v) is 4.65. The molecule has 1 saturated heterocycles. The fraction of sp³-hybridized carbons (Fsp3) is 0.435. The number of nitrogens with one attached hydrogen (secondary N) is 1. The van der Waals surface area contributed by atoms with Crippen molar-refractivity contribution in [2.45, 2.75) is 38.1 Å². The zero-order valence-electron chi connectivity index (χ0n) is 18.0. The Labute approximate surface area is 179 Å². The van der Waals surface area contributed by atoms with E-state index < -0.39 is 10.0 Å². The lowest BCUT2D eigenvalue weighted by Crippen LogP contribution is -2.48. The summed E-state index contributed by atoms with van der Waals surface area (Å²) in [6, 6.07) is 14.9. The molecule has 0 aliphatic carbocycles. The van der Waals surface area contributed by atoms with Gasteiger partial charge in [0.15, 0.2) is 0 Å². The Morgan fingerprint density at radius 1 is 0.967 bits per heavy atom. The summed E-state index contributed by atoms with van der Waals surface area (Å²) in [7, 11) is -3.50. The maximum atomic E-state index is 12.8. The zero-order valence-corrected chi connectivity index (χ0v) is 18.8.